The maximum atomic E-state index is 12.8. The molecule has 156 valence electrons. The summed E-state index contributed by atoms with van der Waals surface area (Å²) in [6, 6.07) is 4.45. The highest BCUT2D eigenvalue weighted by atomic mass is 19.4. The van der Waals surface area contributed by atoms with E-state index in [4.69, 9.17) is 9.47 Å². The van der Waals surface area contributed by atoms with Crippen LogP contribution in [0.25, 0.3) is 0 Å². The van der Waals surface area contributed by atoms with Crippen LogP contribution in [0, 0.1) is 0 Å². The van der Waals surface area contributed by atoms with Gasteiger partial charge in [0.2, 0.25) is 0 Å². The van der Waals surface area contributed by atoms with Crippen LogP contribution in [-0.4, -0.2) is 57.1 Å². The third-order valence-corrected chi connectivity index (χ3v) is 3.95. The molecule has 3 atom stereocenters. The lowest BCUT2D eigenvalue weighted by Gasteiger charge is -2.18. The van der Waals surface area contributed by atoms with E-state index in [1.54, 1.807) is 31.2 Å². The van der Waals surface area contributed by atoms with Crippen LogP contribution in [0.5, 0.6) is 5.75 Å². The van der Waals surface area contributed by atoms with E-state index in [1.165, 1.54) is 14.2 Å². The van der Waals surface area contributed by atoms with Gasteiger partial charge >= 0.3 is 6.18 Å². The summed E-state index contributed by atoms with van der Waals surface area (Å²) in [6.07, 6.45) is -5.55. The minimum atomic E-state index is -4.39. The number of aliphatic imine (C=N–C) groups is 1. The number of alkyl halides is 3. The van der Waals surface area contributed by atoms with Crippen molar-refractivity contribution in [2.45, 2.75) is 37.8 Å². The number of hydrogen-bond donors (Lipinski definition) is 4. The van der Waals surface area contributed by atoms with E-state index in [-0.39, 0.29) is 18.4 Å². The van der Waals surface area contributed by atoms with Crippen LogP contribution in [0.4, 0.5) is 13.2 Å². The second-order valence-corrected chi connectivity index (χ2v) is 6.30. The average molecular weight is 403 g/mol. The Morgan fingerprint density at radius 1 is 1.29 bits per heavy atom. The molecule has 0 bridgehead atoms. The summed E-state index contributed by atoms with van der Waals surface area (Å²) in [5.41, 5.74) is 5.00. The Morgan fingerprint density at radius 3 is 2.50 bits per heavy atom. The molecule has 0 spiro atoms. The number of methoxy groups -OCH3 is 2. The fourth-order valence-corrected chi connectivity index (χ4v) is 2.55. The van der Waals surface area contributed by atoms with Gasteiger partial charge in [-0.25, -0.2) is 15.8 Å². The van der Waals surface area contributed by atoms with Crippen molar-refractivity contribution in [2.75, 3.05) is 20.8 Å². The third-order valence-electron chi connectivity index (χ3n) is 3.95. The second-order valence-electron chi connectivity index (χ2n) is 6.30. The summed E-state index contributed by atoms with van der Waals surface area (Å²) < 4.78 is 48.5. The minimum absolute atomic E-state index is 0.0486. The molecule has 1 fully saturated rings. The number of amides is 1. The molecule has 1 saturated heterocycles. The van der Waals surface area contributed by atoms with E-state index in [0.717, 1.165) is 0 Å². The first kappa shape index (κ1) is 21.9. The van der Waals surface area contributed by atoms with Crippen molar-refractivity contribution in [1.82, 2.24) is 21.5 Å². The van der Waals surface area contributed by atoms with Crippen molar-refractivity contribution in [3.63, 3.8) is 0 Å². The Balaban J connectivity index is 2.11. The summed E-state index contributed by atoms with van der Waals surface area (Å²) in [5.74, 6) is 0.182. The zero-order valence-corrected chi connectivity index (χ0v) is 15.8. The SMILES string of the molecule is COC[C@H](C)NC(=NC1CC(C(F)(F)F)NN1)NC(=O)c1ccc(OC)cc1. The summed E-state index contributed by atoms with van der Waals surface area (Å²) in [4.78, 5) is 16.7. The van der Waals surface area contributed by atoms with Crippen molar-refractivity contribution in [3.8, 4) is 5.75 Å². The molecular formula is C17H24F3N5O3. The standard InChI is InChI=1S/C17H24F3N5O3/c1-10(9-27-2)21-16(22-14-8-13(24-25-14)17(18,19)20)23-15(26)11-4-6-12(28-3)7-5-11/h4-7,10,13-14,24-25H,8-9H2,1-3H3,(H2,21,22,23,26)/t10-,13?,14?/m0/s1. The quantitative estimate of drug-likeness (QED) is 0.421. The predicted octanol–water partition coefficient (Wildman–Crippen LogP) is 1.16. The summed E-state index contributed by atoms with van der Waals surface area (Å²) in [6.45, 7) is 2.11. The molecule has 1 heterocycles. The Labute approximate surface area is 160 Å². The highest BCUT2D eigenvalue weighted by Crippen LogP contribution is 2.25. The maximum Gasteiger partial charge on any atom is 0.405 e. The molecule has 8 nitrogen and oxygen atoms in total. The Hall–Kier alpha value is -2.37. The smallest absolute Gasteiger partial charge is 0.405 e. The molecule has 1 aromatic carbocycles. The monoisotopic (exact) mass is 403 g/mol. The molecule has 0 saturated carbocycles. The van der Waals surface area contributed by atoms with E-state index in [1.807, 2.05) is 0 Å². The first-order valence-corrected chi connectivity index (χ1v) is 8.59. The molecule has 11 heteroatoms. The highest BCUT2D eigenvalue weighted by molar-refractivity contribution is 6.05. The van der Waals surface area contributed by atoms with Gasteiger partial charge in [-0.2, -0.15) is 13.2 Å². The van der Waals surface area contributed by atoms with Gasteiger partial charge in [0.05, 0.1) is 13.7 Å². The van der Waals surface area contributed by atoms with Gasteiger partial charge in [-0.3, -0.25) is 10.1 Å². The van der Waals surface area contributed by atoms with Gasteiger partial charge in [0.1, 0.15) is 18.0 Å². The van der Waals surface area contributed by atoms with Crippen LogP contribution in [0.15, 0.2) is 29.3 Å². The van der Waals surface area contributed by atoms with Crippen molar-refractivity contribution in [1.29, 1.82) is 0 Å². The lowest BCUT2D eigenvalue weighted by Crippen LogP contribution is -2.47. The van der Waals surface area contributed by atoms with E-state index in [0.29, 0.717) is 17.9 Å². The van der Waals surface area contributed by atoms with E-state index in [9.17, 15) is 18.0 Å². The van der Waals surface area contributed by atoms with Crippen molar-refractivity contribution < 1.29 is 27.4 Å². The molecule has 1 aromatic rings. The first-order valence-electron chi connectivity index (χ1n) is 8.59. The topological polar surface area (TPSA) is 96.0 Å². The number of halogens is 3. The van der Waals surface area contributed by atoms with Crippen molar-refractivity contribution >= 4 is 11.9 Å². The van der Waals surface area contributed by atoms with Gasteiger partial charge in [-0.15, -0.1) is 0 Å². The first-order chi connectivity index (χ1) is 13.2. The molecule has 1 aliphatic heterocycles. The number of carbonyl (C=O) groups excluding carboxylic acids is 1. The molecule has 1 aliphatic rings. The molecule has 0 aliphatic carbocycles. The van der Waals surface area contributed by atoms with Crippen LogP contribution >= 0.6 is 0 Å². The van der Waals surface area contributed by atoms with Gasteiger partial charge in [0.15, 0.2) is 5.96 Å². The van der Waals surface area contributed by atoms with Crippen LogP contribution in [0.2, 0.25) is 0 Å². The van der Waals surface area contributed by atoms with E-state index in [2.05, 4.69) is 26.5 Å². The lowest BCUT2D eigenvalue weighted by molar-refractivity contribution is -0.152. The number of benzene rings is 1. The maximum absolute atomic E-state index is 12.8. The zero-order valence-electron chi connectivity index (χ0n) is 15.8. The summed E-state index contributed by atoms with van der Waals surface area (Å²) in [7, 11) is 3.03. The molecule has 28 heavy (non-hydrogen) atoms. The normalized spacial score (nSPS) is 21.3. The average Bonchev–Trinajstić information content (AvgIpc) is 3.10. The molecule has 1 amide bonds. The molecule has 0 aromatic heterocycles. The number of nitrogens with one attached hydrogen (secondary N) is 4. The van der Waals surface area contributed by atoms with Crippen LogP contribution in [0.3, 0.4) is 0 Å². The zero-order chi connectivity index (χ0) is 20.7. The Morgan fingerprint density at radius 2 is 1.96 bits per heavy atom. The van der Waals surface area contributed by atoms with Gasteiger partial charge in [0.25, 0.3) is 5.91 Å². The Kier molecular flexibility index (Phi) is 7.61. The number of guanidine groups is 1. The van der Waals surface area contributed by atoms with E-state index < -0.39 is 24.3 Å². The van der Waals surface area contributed by atoms with Crippen LogP contribution in [0.1, 0.15) is 23.7 Å². The third kappa shape index (κ3) is 6.36. The summed E-state index contributed by atoms with van der Waals surface area (Å²) in [5, 5.41) is 5.54. The van der Waals surface area contributed by atoms with E-state index >= 15 is 0 Å². The molecule has 2 unspecified atom stereocenters. The number of rotatable bonds is 6. The fourth-order valence-electron chi connectivity index (χ4n) is 2.55. The van der Waals surface area contributed by atoms with Crippen LogP contribution < -0.4 is 26.2 Å². The fraction of sp³-hybridized carbons (Fsp3) is 0.529. The highest BCUT2D eigenvalue weighted by Gasteiger charge is 2.44. The van der Waals surface area contributed by atoms with Crippen molar-refractivity contribution in [2.24, 2.45) is 4.99 Å². The van der Waals surface area contributed by atoms with Gasteiger partial charge in [0, 0.05) is 25.1 Å². The van der Waals surface area contributed by atoms with Gasteiger partial charge in [-0.1, -0.05) is 0 Å². The van der Waals surface area contributed by atoms with Gasteiger partial charge < -0.3 is 14.8 Å². The predicted molar refractivity (Wildman–Crippen MR) is 96.9 cm³/mol. The molecule has 2 rings (SSSR count). The molecule has 0 radical (unpaired) electrons. The largest absolute Gasteiger partial charge is 0.497 e. The molecule has 4 N–H and O–H groups in total. The second kappa shape index (κ2) is 9.71. The van der Waals surface area contributed by atoms with Gasteiger partial charge in [-0.05, 0) is 31.2 Å². The lowest BCUT2D eigenvalue weighted by atomic mass is 10.2. The number of hydrazine groups is 1. The summed E-state index contributed by atoms with van der Waals surface area (Å²) >= 11 is 0. The number of carbonyl (C=O) groups is 1. The minimum Gasteiger partial charge on any atom is -0.497 e. The molecular weight excluding hydrogens is 379 g/mol. The number of hydrogen-bond acceptors (Lipinski definition) is 6. The Bertz CT molecular complexity index is 682. The number of nitrogens with zero attached hydrogens (tertiary/aromatic N) is 1. The van der Waals surface area contributed by atoms with Crippen LogP contribution in [-0.2, 0) is 4.74 Å². The van der Waals surface area contributed by atoms with Crippen molar-refractivity contribution in [3.05, 3.63) is 29.8 Å². The number of ether oxygens (including phenoxy) is 2.